The molecule has 1 aromatic heterocycles. The van der Waals surface area contributed by atoms with Crippen molar-refractivity contribution < 1.29 is 9.59 Å². The lowest BCUT2D eigenvalue weighted by molar-refractivity contribution is -0.125. The SMILES string of the molecule is Cc1ncsc1-c1ccc(CNC(=O)C2CCCN2C(=O)c2ccccc2)cc1. The van der Waals surface area contributed by atoms with Crippen molar-refractivity contribution >= 4 is 23.2 Å². The first-order valence-electron chi connectivity index (χ1n) is 9.76. The smallest absolute Gasteiger partial charge is 0.254 e. The van der Waals surface area contributed by atoms with E-state index < -0.39 is 6.04 Å². The number of carbonyl (C=O) groups is 2. The fourth-order valence-corrected chi connectivity index (χ4v) is 4.50. The van der Waals surface area contributed by atoms with Gasteiger partial charge in [0.1, 0.15) is 6.04 Å². The monoisotopic (exact) mass is 405 g/mol. The van der Waals surface area contributed by atoms with E-state index >= 15 is 0 Å². The normalized spacial score (nSPS) is 16.0. The third-order valence-corrected chi connectivity index (χ3v) is 6.24. The van der Waals surface area contributed by atoms with Crippen LogP contribution in [0.2, 0.25) is 0 Å². The summed E-state index contributed by atoms with van der Waals surface area (Å²) in [7, 11) is 0. The number of carbonyl (C=O) groups excluding carboxylic acids is 2. The summed E-state index contributed by atoms with van der Waals surface area (Å²) in [5, 5.41) is 3.00. The molecule has 2 aromatic carbocycles. The van der Waals surface area contributed by atoms with Crippen molar-refractivity contribution in [3.63, 3.8) is 0 Å². The van der Waals surface area contributed by atoms with Crippen LogP contribution in [-0.2, 0) is 11.3 Å². The highest BCUT2D eigenvalue weighted by Gasteiger charge is 2.34. The molecular formula is C23H23N3O2S. The summed E-state index contributed by atoms with van der Waals surface area (Å²) in [6.07, 6.45) is 1.55. The van der Waals surface area contributed by atoms with E-state index in [1.807, 2.05) is 42.8 Å². The highest BCUT2D eigenvalue weighted by atomic mass is 32.1. The Morgan fingerprint density at radius 3 is 2.59 bits per heavy atom. The van der Waals surface area contributed by atoms with Crippen LogP contribution in [0.4, 0.5) is 0 Å². The first kappa shape index (κ1) is 19.3. The van der Waals surface area contributed by atoms with Gasteiger partial charge in [-0.3, -0.25) is 9.59 Å². The van der Waals surface area contributed by atoms with Gasteiger partial charge in [-0.15, -0.1) is 11.3 Å². The molecule has 0 bridgehead atoms. The van der Waals surface area contributed by atoms with Gasteiger partial charge in [-0.2, -0.15) is 0 Å². The molecule has 148 valence electrons. The molecular weight excluding hydrogens is 382 g/mol. The summed E-state index contributed by atoms with van der Waals surface area (Å²) in [6, 6.07) is 16.9. The molecule has 29 heavy (non-hydrogen) atoms. The zero-order valence-electron chi connectivity index (χ0n) is 16.3. The topological polar surface area (TPSA) is 62.3 Å². The Bertz CT molecular complexity index is 998. The van der Waals surface area contributed by atoms with E-state index in [-0.39, 0.29) is 11.8 Å². The third kappa shape index (κ3) is 4.22. The van der Waals surface area contributed by atoms with Crippen molar-refractivity contribution in [2.75, 3.05) is 6.54 Å². The minimum Gasteiger partial charge on any atom is -0.350 e. The van der Waals surface area contributed by atoms with Gasteiger partial charge in [0.25, 0.3) is 5.91 Å². The van der Waals surface area contributed by atoms with Gasteiger partial charge in [0.05, 0.1) is 16.1 Å². The summed E-state index contributed by atoms with van der Waals surface area (Å²) in [5.74, 6) is -0.165. The number of rotatable bonds is 5. The molecule has 1 unspecified atom stereocenters. The van der Waals surface area contributed by atoms with Gasteiger partial charge in [-0.1, -0.05) is 42.5 Å². The largest absolute Gasteiger partial charge is 0.350 e. The van der Waals surface area contributed by atoms with Gasteiger partial charge in [-0.25, -0.2) is 4.98 Å². The second-order valence-electron chi connectivity index (χ2n) is 7.20. The van der Waals surface area contributed by atoms with Crippen molar-refractivity contribution in [1.82, 2.24) is 15.2 Å². The fourth-order valence-electron chi connectivity index (χ4n) is 3.69. The maximum Gasteiger partial charge on any atom is 0.254 e. The fraction of sp³-hybridized carbons (Fsp3) is 0.261. The predicted molar refractivity (Wildman–Crippen MR) is 115 cm³/mol. The molecule has 0 spiro atoms. The lowest BCUT2D eigenvalue weighted by Gasteiger charge is -2.24. The van der Waals surface area contributed by atoms with Gasteiger partial charge in [0.2, 0.25) is 5.91 Å². The molecule has 0 aliphatic carbocycles. The second kappa shape index (κ2) is 8.57. The second-order valence-corrected chi connectivity index (χ2v) is 8.06. The van der Waals surface area contributed by atoms with E-state index in [9.17, 15) is 9.59 Å². The standard InChI is InChI=1S/C23H23N3O2S/c1-16-21(29-15-25-16)18-11-9-17(10-12-18)14-24-22(27)20-8-5-13-26(20)23(28)19-6-3-2-4-7-19/h2-4,6-7,9-12,15,20H,5,8,13-14H2,1H3,(H,24,27). The number of aryl methyl sites for hydroxylation is 1. The average molecular weight is 406 g/mol. The summed E-state index contributed by atoms with van der Waals surface area (Å²) in [6.45, 7) is 3.07. The first-order valence-corrected chi connectivity index (χ1v) is 10.6. The molecule has 6 heteroatoms. The Kier molecular flexibility index (Phi) is 5.71. The number of nitrogens with zero attached hydrogens (tertiary/aromatic N) is 2. The van der Waals surface area contributed by atoms with Gasteiger partial charge >= 0.3 is 0 Å². The van der Waals surface area contributed by atoms with Crippen molar-refractivity contribution in [3.8, 4) is 10.4 Å². The van der Waals surface area contributed by atoms with E-state index in [4.69, 9.17) is 0 Å². The maximum absolute atomic E-state index is 12.8. The highest BCUT2D eigenvalue weighted by molar-refractivity contribution is 7.13. The predicted octanol–water partition coefficient (Wildman–Crippen LogP) is 4.04. The molecule has 4 rings (SSSR count). The number of aromatic nitrogens is 1. The molecule has 0 radical (unpaired) electrons. The molecule has 1 fully saturated rings. The number of amides is 2. The average Bonchev–Trinajstić information content (AvgIpc) is 3.42. The molecule has 2 heterocycles. The minimum absolute atomic E-state index is 0.0764. The highest BCUT2D eigenvalue weighted by Crippen LogP contribution is 2.27. The van der Waals surface area contributed by atoms with E-state index in [0.717, 1.165) is 23.2 Å². The molecule has 1 N–H and O–H groups in total. The first-order chi connectivity index (χ1) is 14.1. The Hall–Kier alpha value is -2.99. The maximum atomic E-state index is 12.8. The quantitative estimate of drug-likeness (QED) is 0.697. The van der Waals surface area contributed by atoms with Crippen molar-refractivity contribution in [2.45, 2.75) is 32.4 Å². The summed E-state index contributed by atoms with van der Waals surface area (Å²) < 4.78 is 0. The van der Waals surface area contributed by atoms with Crippen LogP contribution >= 0.6 is 11.3 Å². The van der Waals surface area contributed by atoms with Crippen LogP contribution in [0.3, 0.4) is 0 Å². The number of nitrogens with one attached hydrogen (secondary N) is 1. The lowest BCUT2D eigenvalue weighted by Crippen LogP contribution is -2.45. The Balaban J connectivity index is 1.38. The molecule has 5 nitrogen and oxygen atoms in total. The van der Waals surface area contributed by atoms with Gasteiger partial charge in [0, 0.05) is 18.7 Å². The van der Waals surface area contributed by atoms with Crippen LogP contribution in [0, 0.1) is 6.92 Å². The minimum atomic E-state index is -0.401. The Morgan fingerprint density at radius 2 is 1.90 bits per heavy atom. The molecule has 0 saturated carbocycles. The van der Waals surface area contributed by atoms with E-state index in [2.05, 4.69) is 22.4 Å². The van der Waals surface area contributed by atoms with E-state index in [0.29, 0.717) is 25.1 Å². The molecule has 1 aliphatic heterocycles. The molecule has 2 amide bonds. The summed E-state index contributed by atoms with van der Waals surface area (Å²) in [4.78, 5) is 32.7. The summed E-state index contributed by atoms with van der Waals surface area (Å²) in [5.41, 5.74) is 5.67. The lowest BCUT2D eigenvalue weighted by atomic mass is 10.1. The van der Waals surface area contributed by atoms with Gasteiger partial charge < -0.3 is 10.2 Å². The van der Waals surface area contributed by atoms with Crippen molar-refractivity contribution in [3.05, 3.63) is 76.9 Å². The van der Waals surface area contributed by atoms with Crippen LogP contribution < -0.4 is 5.32 Å². The van der Waals surface area contributed by atoms with Crippen molar-refractivity contribution in [2.24, 2.45) is 0 Å². The van der Waals surface area contributed by atoms with Crippen LogP contribution in [-0.4, -0.2) is 34.3 Å². The van der Waals surface area contributed by atoms with Crippen LogP contribution in [0.1, 0.15) is 34.5 Å². The van der Waals surface area contributed by atoms with Gasteiger partial charge in [0.15, 0.2) is 0 Å². The van der Waals surface area contributed by atoms with E-state index in [1.54, 1.807) is 28.4 Å². The molecule has 3 aromatic rings. The number of benzene rings is 2. The molecule has 1 atom stereocenters. The van der Waals surface area contributed by atoms with Crippen molar-refractivity contribution in [1.29, 1.82) is 0 Å². The molecule has 1 aliphatic rings. The van der Waals surface area contributed by atoms with Crippen LogP contribution in [0.15, 0.2) is 60.1 Å². The summed E-state index contributed by atoms with van der Waals surface area (Å²) >= 11 is 1.63. The van der Waals surface area contributed by atoms with E-state index in [1.165, 1.54) is 4.88 Å². The number of likely N-dealkylation sites (tertiary alicyclic amines) is 1. The zero-order valence-corrected chi connectivity index (χ0v) is 17.1. The van der Waals surface area contributed by atoms with Crippen LogP contribution in [0.5, 0.6) is 0 Å². The number of hydrogen-bond acceptors (Lipinski definition) is 4. The number of hydrogen-bond donors (Lipinski definition) is 1. The Morgan fingerprint density at radius 1 is 1.14 bits per heavy atom. The van der Waals surface area contributed by atoms with Crippen LogP contribution in [0.25, 0.3) is 10.4 Å². The Labute approximate surface area is 174 Å². The van der Waals surface area contributed by atoms with Gasteiger partial charge in [-0.05, 0) is 43.0 Å². The molecule has 1 saturated heterocycles. The third-order valence-electron chi connectivity index (χ3n) is 5.27. The zero-order chi connectivity index (χ0) is 20.2. The number of thiazole rings is 1.